The van der Waals surface area contributed by atoms with Gasteiger partial charge in [-0.1, -0.05) is 13.3 Å². The molecule has 1 rings (SSSR count). The topological polar surface area (TPSA) is 65.5 Å². The third kappa shape index (κ3) is 5.17. The van der Waals surface area contributed by atoms with Crippen LogP contribution in [0.1, 0.15) is 36.5 Å². The zero-order valence-corrected chi connectivity index (χ0v) is 12.6. The Morgan fingerprint density at radius 3 is 2.65 bits per heavy atom. The average Bonchev–Trinajstić information content (AvgIpc) is 2.45. The van der Waals surface area contributed by atoms with Crippen LogP contribution in [-0.2, 0) is 0 Å². The number of amides is 1. The first-order chi connectivity index (χ1) is 9.58. The monoisotopic (exact) mass is 279 g/mol. The molecule has 1 unspecified atom stereocenters. The molecule has 1 amide bonds. The Kier molecular flexibility index (Phi) is 7.01. The summed E-state index contributed by atoms with van der Waals surface area (Å²) >= 11 is 0. The molecule has 1 aromatic rings. The molecule has 0 aliphatic rings. The van der Waals surface area contributed by atoms with E-state index in [9.17, 15) is 4.79 Å². The molecule has 1 heterocycles. The van der Waals surface area contributed by atoms with Gasteiger partial charge in [0.15, 0.2) is 0 Å². The van der Waals surface area contributed by atoms with Gasteiger partial charge < -0.3 is 15.3 Å². The SMILES string of the molecule is CCCC(CCO)CNC(=O)c1ccc(N(C)C)nc1. The number of carbonyl (C=O) groups excluding carboxylic acids is 1. The highest BCUT2D eigenvalue weighted by Gasteiger charge is 2.11. The second-order valence-corrected chi connectivity index (χ2v) is 5.18. The summed E-state index contributed by atoms with van der Waals surface area (Å²) in [5.41, 5.74) is 0.565. The molecule has 1 atom stereocenters. The molecule has 5 heteroatoms. The highest BCUT2D eigenvalue weighted by molar-refractivity contribution is 5.94. The third-order valence-electron chi connectivity index (χ3n) is 3.25. The Morgan fingerprint density at radius 2 is 2.15 bits per heavy atom. The minimum Gasteiger partial charge on any atom is -0.396 e. The van der Waals surface area contributed by atoms with Crippen LogP contribution in [0.2, 0.25) is 0 Å². The Bertz CT molecular complexity index is 398. The van der Waals surface area contributed by atoms with Crippen LogP contribution in [0.3, 0.4) is 0 Å². The van der Waals surface area contributed by atoms with E-state index in [1.165, 1.54) is 0 Å². The van der Waals surface area contributed by atoms with Gasteiger partial charge in [-0.05, 0) is 30.9 Å². The van der Waals surface area contributed by atoms with Gasteiger partial charge in [0.2, 0.25) is 0 Å². The molecule has 0 bridgehead atoms. The van der Waals surface area contributed by atoms with Crippen molar-refractivity contribution in [2.24, 2.45) is 5.92 Å². The van der Waals surface area contributed by atoms with Gasteiger partial charge in [0.25, 0.3) is 5.91 Å². The van der Waals surface area contributed by atoms with Crippen LogP contribution in [0.4, 0.5) is 5.82 Å². The molecule has 0 spiro atoms. The zero-order chi connectivity index (χ0) is 15.0. The number of aliphatic hydroxyl groups excluding tert-OH is 1. The first-order valence-electron chi connectivity index (χ1n) is 7.10. The fraction of sp³-hybridized carbons (Fsp3) is 0.600. The van der Waals surface area contributed by atoms with Crippen molar-refractivity contribution < 1.29 is 9.90 Å². The van der Waals surface area contributed by atoms with Crippen LogP contribution in [-0.4, -0.2) is 43.2 Å². The summed E-state index contributed by atoms with van der Waals surface area (Å²) in [4.78, 5) is 18.1. The van der Waals surface area contributed by atoms with E-state index < -0.39 is 0 Å². The van der Waals surface area contributed by atoms with Gasteiger partial charge in [0, 0.05) is 33.4 Å². The predicted octanol–water partition coefficient (Wildman–Crippen LogP) is 1.68. The molecule has 0 radical (unpaired) electrons. The smallest absolute Gasteiger partial charge is 0.252 e. The van der Waals surface area contributed by atoms with Crippen LogP contribution in [0.25, 0.3) is 0 Å². The molecule has 0 saturated heterocycles. The van der Waals surface area contributed by atoms with Crippen LogP contribution in [0, 0.1) is 5.92 Å². The second-order valence-electron chi connectivity index (χ2n) is 5.18. The van der Waals surface area contributed by atoms with Crippen molar-refractivity contribution in [2.45, 2.75) is 26.2 Å². The minimum absolute atomic E-state index is 0.109. The fourth-order valence-electron chi connectivity index (χ4n) is 2.06. The third-order valence-corrected chi connectivity index (χ3v) is 3.25. The molecule has 20 heavy (non-hydrogen) atoms. The summed E-state index contributed by atoms with van der Waals surface area (Å²) in [5.74, 6) is 1.05. The van der Waals surface area contributed by atoms with Crippen molar-refractivity contribution in [1.29, 1.82) is 0 Å². The molecular formula is C15H25N3O2. The molecule has 1 aromatic heterocycles. The molecule has 5 nitrogen and oxygen atoms in total. The second kappa shape index (κ2) is 8.53. The Labute approximate surface area is 121 Å². The van der Waals surface area contributed by atoms with Crippen molar-refractivity contribution in [3.05, 3.63) is 23.9 Å². The first kappa shape index (κ1) is 16.4. The maximum Gasteiger partial charge on any atom is 0.252 e. The molecule has 0 saturated carbocycles. The van der Waals surface area contributed by atoms with Gasteiger partial charge in [-0.3, -0.25) is 4.79 Å². The molecule has 0 fully saturated rings. The maximum atomic E-state index is 12.0. The first-order valence-corrected chi connectivity index (χ1v) is 7.10. The van der Waals surface area contributed by atoms with E-state index in [2.05, 4.69) is 17.2 Å². The number of aliphatic hydroxyl groups is 1. The van der Waals surface area contributed by atoms with Crippen LogP contribution >= 0.6 is 0 Å². The van der Waals surface area contributed by atoms with E-state index in [1.807, 2.05) is 25.1 Å². The summed E-state index contributed by atoms with van der Waals surface area (Å²) in [6.45, 7) is 2.87. The summed E-state index contributed by atoms with van der Waals surface area (Å²) < 4.78 is 0. The normalized spacial score (nSPS) is 12.0. The molecule has 0 aromatic carbocycles. The van der Waals surface area contributed by atoms with Gasteiger partial charge >= 0.3 is 0 Å². The number of hydrogen-bond donors (Lipinski definition) is 2. The number of nitrogens with one attached hydrogen (secondary N) is 1. The lowest BCUT2D eigenvalue weighted by Gasteiger charge is -2.16. The highest BCUT2D eigenvalue weighted by Crippen LogP contribution is 2.11. The molecular weight excluding hydrogens is 254 g/mol. The lowest BCUT2D eigenvalue weighted by Crippen LogP contribution is -2.30. The van der Waals surface area contributed by atoms with Crippen LogP contribution in [0.5, 0.6) is 0 Å². The van der Waals surface area contributed by atoms with Crippen molar-refractivity contribution in [2.75, 3.05) is 32.1 Å². The van der Waals surface area contributed by atoms with E-state index in [0.717, 1.165) is 25.1 Å². The number of pyridine rings is 1. The van der Waals surface area contributed by atoms with Gasteiger partial charge in [-0.25, -0.2) is 4.98 Å². The quantitative estimate of drug-likeness (QED) is 0.760. The summed E-state index contributed by atoms with van der Waals surface area (Å²) in [6.07, 6.45) is 4.38. The highest BCUT2D eigenvalue weighted by atomic mass is 16.3. The number of carbonyl (C=O) groups is 1. The van der Waals surface area contributed by atoms with Crippen LogP contribution in [0.15, 0.2) is 18.3 Å². The largest absolute Gasteiger partial charge is 0.396 e. The Hall–Kier alpha value is -1.62. The summed E-state index contributed by atoms with van der Waals surface area (Å²) in [6, 6.07) is 3.60. The number of anilines is 1. The Balaban J connectivity index is 2.53. The van der Waals surface area contributed by atoms with E-state index in [4.69, 9.17) is 5.11 Å². The molecule has 0 aliphatic heterocycles. The van der Waals surface area contributed by atoms with Crippen molar-refractivity contribution >= 4 is 11.7 Å². The standard InChI is InChI=1S/C15H25N3O2/c1-4-5-12(8-9-19)10-17-15(20)13-6-7-14(16-11-13)18(2)3/h6-7,11-12,19H,4-5,8-10H2,1-3H3,(H,17,20). The van der Waals surface area contributed by atoms with Crippen molar-refractivity contribution in [3.63, 3.8) is 0 Å². The van der Waals surface area contributed by atoms with E-state index >= 15 is 0 Å². The van der Waals surface area contributed by atoms with E-state index in [0.29, 0.717) is 18.0 Å². The number of rotatable bonds is 8. The van der Waals surface area contributed by atoms with Crippen molar-refractivity contribution in [3.8, 4) is 0 Å². The fourth-order valence-corrected chi connectivity index (χ4v) is 2.06. The predicted molar refractivity (Wildman–Crippen MR) is 81.0 cm³/mol. The molecule has 0 aliphatic carbocycles. The Morgan fingerprint density at radius 1 is 1.40 bits per heavy atom. The summed E-state index contributed by atoms with van der Waals surface area (Å²) in [5, 5.41) is 11.9. The maximum absolute atomic E-state index is 12.0. The lowest BCUT2D eigenvalue weighted by atomic mass is 10.0. The molecule has 112 valence electrons. The van der Waals surface area contributed by atoms with E-state index in [1.54, 1.807) is 12.3 Å². The number of aromatic nitrogens is 1. The van der Waals surface area contributed by atoms with Gasteiger partial charge in [-0.2, -0.15) is 0 Å². The minimum atomic E-state index is -0.109. The zero-order valence-electron chi connectivity index (χ0n) is 12.6. The summed E-state index contributed by atoms with van der Waals surface area (Å²) in [7, 11) is 3.82. The van der Waals surface area contributed by atoms with Gasteiger partial charge in [0.1, 0.15) is 5.82 Å². The van der Waals surface area contributed by atoms with Gasteiger partial charge in [0.05, 0.1) is 5.56 Å². The van der Waals surface area contributed by atoms with Gasteiger partial charge in [-0.15, -0.1) is 0 Å². The van der Waals surface area contributed by atoms with E-state index in [-0.39, 0.29) is 12.5 Å². The lowest BCUT2D eigenvalue weighted by molar-refractivity contribution is 0.0942. The average molecular weight is 279 g/mol. The van der Waals surface area contributed by atoms with Crippen LogP contribution < -0.4 is 10.2 Å². The molecule has 2 N–H and O–H groups in total. The number of hydrogen-bond acceptors (Lipinski definition) is 4. The van der Waals surface area contributed by atoms with Crippen molar-refractivity contribution in [1.82, 2.24) is 10.3 Å². The number of nitrogens with zero attached hydrogens (tertiary/aromatic N) is 2.